The Morgan fingerprint density at radius 2 is 2.04 bits per heavy atom. The maximum Gasteiger partial charge on any atom is 0.163 e. The highest BCUT2D eigenvalue weighted by molar-refractivity contribution is 5.89. The molecule has 0 aliphatic carbocycles. The van der Waals surface area contributed by atoms with Gasteiger partial charge in [-0.2, -0.15) is 5.10 Å². The number of nitrogens with one attached hydrogen (secondary N) is 1. The number of likely N-dealkylation sites (N-methyl/N-ethyl adjacent to an activating group) is 1. The number of benzene rings is 1. The minimum atomic E-state index is 0.808. The van der Waals surface area contributed by atoms with Gasteiger partial charge in [0.25, 0.3) is 0 Å². The van der Waals surface area contributed by atoms with Crippen molar-refractivity contribution in [2.24, 2.45) is 7.05 Å². The molecule has 0 atom stereocenters. The van der Waals surface area contributed by atoms with Gasteiger partial charge in [0.1, 0.15) is 12.1 Å². The summed E-state index contributed by atoms with van der Waals surface area (Å²) in [6, 6.07) is 8.61. The second kappa shape index (κ2) is 6.86. The summed E-state index contributed by atoms with van der Waals surface area (Å²) in [6.45, 7) is 8.97. The lowest BCUT2D eigenvalue weighted by Gasteiger charge is -2.23. The summed E-state index contributed by atoms with van der Waals surface area (Å²) in [7, 11) is 1.91. The van der Waals surface area contributed by atoms with E-state index in [2.05, 4.69) is 63.4 Å². The average Bonchev–Trinajstić information content (AvgIpc) is 2.87. The molecular formula is C18H24N6. The van der Waals surface area contributed by atoms with E-state index in [9.17, 15) is 0 Å². The Labute approximate surface area is 142 Å². The molecule has 6 nitrogen and oxygen atoms in total. The Morgan fingerprint density at radius 1 is 1.21 bits per heavy atom. The van der Waals surface area contributed by atoms with Crippen molar-refractivity contribution in [1.82, 2.24) is 19.7 Å². The van der Waals surface area contributed by atoms with Crippen molar-refractivity contribution in [3.63, 3.8) is 0 Å². The Hall–Kier alpha value is -2.63. The van der Waals surface area contributed by atoms with Crippen LogP contribution in [0, 0.1) is 13.8 Å². The summed E-state index contributed by atoms with van der Waals surface area (Å²) in [4.78, 5) is 11.1. The predicted octanol–water partition coefficient (Wildman–Crippen LogP) is 2.92. The van der Waals surface area contributed by atoms with E-state index in [0.29, 0.717) is 0 Å². The SMILES string of the molecule is CCN(CCNc1ncnc2c1c(C)nn2C)c1cccc(C)c1. The topological polar surface area (TPSA) is 58.9 Å². The van der Waals surface area contributed by atoms with Gasteiger partial charge in [0.15, 0.2) is 5.65 Å². The van der Waals surface area contributed by atoms with Gasteiger partial charge in [-0.3, -0.25) is 4.68 Å². The molecule has 1 aromatic carbocycles. The molecule has 3 aromatic rings. The zero-order chi connectivity index (χ0) is 17.1. The summed E-state index contributed by atoms with van der Waals surface area (Å²) in [5, 5.41) is 8.87. The molecule has 6 heteroatoms. The van der Waals surface area contributed by atoms with E-state index in [4.69, 9.17) is 0 Å². The first-order valence-corrected chi connectivity index (χ1v) is 8.30. The van der Waals surface area contributed by atoms with Crippen molar-refractivity contribution in [2.45, 2.75) is 20.8 Å². The maximum absolute atomic E-state index is 4.43. The third-order valence-corrected chi connectivity index (χ3v) is 4.22. The van der Waals surface area contributed by atoms with Crippen LogP contribution in [0.5, 0.6) is 0 Å². The molecule has 0 bridgehead atoms. The van der Waals surface area contributed by atoms with Crippen LogP contribution in [0.15, 0.2) is 30.6 Å². The first-order valence-electron chi connectivity index (χ1n) is 8.30. The number of aromatic nitrogens is 4. The van der Waals surface area contributed by atoms with Crippen LogP contribution < -0.4 is 10.2 Å². The van der Waals surface area contributed by atoms with E-state index in [-0.39, 0.29) is 0 Å². The van der Waals surface area contributed by atoms with Crippen LogP contribution in [-0.2, 0) is 7.05 Å². The molecule has 24 heavy (non-hydrogen) atoms. The fraction of sp³-hybridized carbons (Fsp3) is 0.389. The third kappa shape index (κ3) is 3.18. The number of fused-ring (bicyclic) bond motifs is 1. The van der Waals surface area contributed by atoms with Crippen molar-refractivity contribution in [3.8, 4) is 0 Å². The predicted molar refractivity (Wildman–Crippen MR) is 98.6 cm³/mol. The van der Waals surface area contributed by atoms with Gasteiger partial charge in [0.05, 0.1) is 11.1 Å². The molecular weight excluding hydrogens is 300 g/mol. The highest BCUT2D eigenvalue weighted by Crippen LogP contribution is 2.22. The van der Waals surface area contributed by atoms with Crippen LogP contribution in [0.4, 0.5) is 11.5 Å². The standard InChI is InChI=1S/C18H24N6/c1-5-24(15-8-6-7-13(2)11-15)10-9-19-17-16-14(3)22-23(4)18(16)21-12-20-17/h6-8,11-12H,5,9-10H2,1-4H3,(H,19,20,21). The monoisotopic (exact) mass is 324 g/mol. The van der Waals surface area contributed by atoms with Gasteiger partial charge in [-0.05, 0) is 38.5 Å². The van der Waals surface area contributed by atoms with Gasteiger partial charge in [-0.15, -0.1) is 0 Å². The quantitative estimate of drug-likeness (QED) is 0.755. The molecule has 0 saturated heterocycles. The maximum atomic E-state index is 4.43. The number of anilines is 2. The van der Waals surface area contributed by atoms with Gasteiger partial charge >= 0.3 is 0 Å². The number of rotatable bonds is 6. The highest BCUT2D eigenvalue weighted by Gasteiger charge is 2.12. The summed E-state index contributed by atoms with van der Waals surface area (Å²) in [5.74, 6) is 0.853. The average molecular weight is 324 g/mol. The van der Waals surface area contributed by atoms with Crippen LogP contribution in [0.1, 0.15) is 18.2 Å². The second-order valence-corrected chi connectivity index (χ2v) is 5.98. The second-order valence-electron chi connectivity index (χ2n) is 5.98. The minimum Gasteiger partial charge on any atom is -0.370 e. The van der Waals surface area contributed by atoms with E-state index in [1.54, 1.807) is 11.0 Å². The Balaban J connectivity index is 1.72. The summed E-state index contributed by atoms with van der Waals surface area (Å²) in [6.07, 6.45) is 1.59. The molecule has 0 spiro atoms. The van der Waals surface area contributed by atoms with Gasteiger partial charge in [-0.25, -0.2) is 9.97 Å². The number of nitrogens with zero attached hydrogens (tertiary/aromatic N) is 5. The lowest BCUT2D eigenvalue weighted by Crippen LogP contribution is -2.29. The van der Waals surface area contributed by atoms with E-state index < -0.39 is 0 Å². The molecule has 0 aliphatic rings. The number of hydrogen-bond acceptors (Lipinski definition) is 5. The summed E-state index contributed by atoms with van der Waals surface area (Å²) < 4.78 is 1.79. The molecule has 0 amide bonds. The molecule has 0 aliphatic heterocycles. The molecule has 0 radical (unpaired) electrons. The van der Waals surface area contributed by atoms with Crippen LogP contribution in [0.2, 0.25) is 0 Å². The smallest absolute Gasteiger partial charge is 0.163 e. The Morgan fingerprint density at radius 3 is 2.79 bits per heavy atom. The first-order chi connectivity index (χ1) is 11.6. The van der Waals surface area contributed by atoms with Crippen molar-refractivity contribution >= 4 is 22.5 Å². The molecule has 0 saturated carbocycles. The molecule has 126 valence electrons. The van der Waals surface area contributed by atoms with E-state index in [1.165, 1.54) is 11.3 Å². The third-order valence-electron chi connectivity index (χ3n) is 4.22. The fourth-order valence-electron chi connectivity index (χ4n) is 3.01. The van der Waals surface area contributed by atoms with Crippen LogP contribution in [-0.4, -0.2) is 39.4 Å². The normalized spacial score (nSPS) is 11.0. The molecule has 2 heterocycles. The molecule has 0 unspecified atom stereocenters. The lowest BCUT2D eigenvalue weighted by atomic mass is 10.2. The molecule has 0 fully saturated rings. The van der Waals surface area contributed by atoms with Gasteiger partial charge in [0, 0.05) is 32.4 Å². The van der Waals surface area contributed by atoms with Crippen molar-refractivity contribution < 1.29 is 0 Å². The number of hydrogen-bond donors (Lipinski definition) is 1. The van der Waals surface area contributed by atoms with Gasteiger partial charge < -0.3 is 10.2 Å². The van der Waals surface area contributed by atoms with Crippen LogP contribution in [0.3, 0.4) is 0 Å². The summed E-state index contributed by atoms with van der Waals surface area (Å²) in [5.41, 5.74) is 4.34. The largest absolute Gasteiger partial charge is 0.370 e. The number of aryl methyl sites for hydroxylation is 3. The lowest BCUT2D eigenvalue weighted by molar-refractivity contribution is 0.773. The first kappa shape index (κ1) is 16.2. The van der Waals surface area contributed by atoms with Crippen molar-refractivity contribution in [3.05, 3.63) is 41.9 Å². The van der Waals surface area contributed by atoms with Crippen LogP contribution >= 0.6 is 0 Å². The minimum absolute atomic E-state index is 0.808. The molecule has 2 aromatic heterocycles. The summed E-state index contributed by atoms with van der Waals surface area (Å²) >= 11 is 0. The van der Waals surface area contributed by atoms with Gasteiger partial charge in [0.2, 0.25) is 0 Å². The Bertz CT molecular complexity index is 839. The zero-order valence-electron chi connectivity index (χ0n) is 14.7. The van der Waals surface area contributed by atoms with Crippen molar-refractivity contribution in [2.75, 3.05) is 29.9 Å². The zero-order valence-corrected chi connectivity index (χ0v) is 14.7. The Kier molecular flexibility index (Phi) is 4.64. The van der Waals surface area contributed by atoms with Crippen LogP contribution in [0.25, 0.3) is 11.0 Å². The molecule has 1 N–H and O–H groups in total. The van der Waals surface area contributed by atoms with Crippen molar-refractivity contribution in [1.29, 1.82) is 0 Å². The molecule has 3 rings (SSSR count). The van der Waals surface area contributed by atoms with Gasteiger partial charge in [-0.1, -0.05) is 12.1 Å². The van der Waals surface area contributed by atoms with E-state index in [0.717, 1.165) is 42.2 Å². The highest BCUT2D eigenvalue weighted by atomic mass is 15.3. The van der Waals surface area contributed by atoms with E-state index >= 15 is 0 Å². The fourth-order valence-corrected chi connectivity index (χ4v) is 3.01. The van der Waals surface area contributed by atoms with E-state index in [1.807, 2.05) is 14.0 Å².